The number of carbonyl (C=O) groups is 1. The molecule has 0 atom stereocenters. The van der Waals surface area contributed by atoms with Crippen LogP contribution in [0.1, 0.15) is 51.0 Å². The zero-order valence-corrected chi connectivity index (χ0v) is 16.4. The predicted molar refractivity (Wildman–Crippen MR) is 103 cm³/mol. The topological polar surface area (TPSA) is 66.5 Å². The second-order valence-corrected chi connectivity index (χ2v) is 9.90. The zero-order valence-electron chi connectivity index (χ0n) is 15.6. The van der Waals surface area contributed by atoms with Gasteiger partial charge in [0.15, 0.2) is 0 Å². The quantitative estimate of drug-likeness (QED) is 0.828. The Morgan fingerprint density at radius 1 is 1.15 bits per heavy atom. The van der Waals surface area contributed by atoms with E-state index in [-0.39, 0.29) is 23.0 Å². The third kappa shape index (κ3) is 4.12. The van der Waals surface area contributed by atoms with E-state index in [0.29, 0.717) is 32.5 Å². The van der Waals surface area contributed by atoms with Gasteiger partial charge < -0.3 is 5.32 Å². The van der Waals surface area contributed by atoms with Crippen molar-refractivity contribution in [2.45, 2.75) is 50.9 Å². The molecule has 3 rings (SSSR count). The Morgan fingerprint density at radius 2 is 1.77 bits per heavy atom. The third-order valence-corrected chi connectivity index (χ3v) is 8.01. The molecule has 0 spiro atoms. The van der Waals surface area contributed by atoms with Crippen LogP contribution in [0.2, 0.25) is 0 Å². The summed E-state index contributed by atoms with van der Waals surface area (Å²) in [6.07, 6.45) is 5.87. The van der Waals surface area contributed by atoms with Gasteiger partial charge in [0.05, 0.1) is 5.75 Å². The van der Waals surface area contributed by atoms with Gasteiger partial charge in [-0.2, -0.15) is 0 Å². The molecule has 1 saturated carbocycles. The maximum Gasteiger partial charge on any atom is 0.223 e. The molecule has 1 aromatic rings. The number of benzene rings is 1. The lowest BCUT2D eigenvalue weighted by Crippen LogP contribution is -2.46. The SMILES string of the molecule is CCS(=O)(=O)N1CCC(C(=O)NCC2(c3ccccc3)CCCC2)CC1. The Balaban J connectivity index is 1.57. The van der Waals surface area contributed by atoms with Crippen LogP contribution < -0.4 is 5.32 Å². The number of nitrogens with zero attached hydrogens (tertiary/aromatic N) is 1. The van der Waals surface area contributed by atoms with Gasteiger partial charge >= 0.3 is 0 Å². The highest BCUT2D eigenvalue weighted by molar-refractivity contribution is 7.89. The lowest BCUT2D eigenvalue weighted by Gasteiger charge is -2.33. The van der Waals surface area contributed by atoms with Crippen molar-refractivity contribution >= 4 is 15.9 Å². The minimum Gasteiger partial charge on any atom is -0.355 e. The van der Waals surface area contributed by atoms with Crippen molar-refractivity contribution in [2.75, 3.05) is 25.4 Å². The number of carbonyl (C=O) groups excluding carboxylic acids is 1. The highest BCUT2D eigenvalue weighted by atomic mass is 32.2. The molecule has 6 heteroatoms. The summed E-state index contributed by atoms with van der Waals surface area (Å²) in [5.74, 6) is 0.136. The molecular formula is C20H30N2O3S. The molecule has 2 fully saturated rings. The number of amides is 1. The largest absolute Gasteiger partial charge is 0.355 e. The summed E-state index contributed by atoms with van der Waals surface area (Å²) in [5.41, 5.74) is 1.38. The summed E-state index contributed by atoms with van der Waals surface area (Å²) in [6, 6.07) is 10.5. The van der Waals surface area contributed by atoms with E-state index in [1.165, 1.54) is 22.7 Å². The van der Waals surface area contributed by atoms with E-state index < -0.39 is 10.0 Å². The van der Waals surface area contributed by atoms with Gasteiger partial charge in [-0.3, -0.25) is 4.79 Å². The molecule has 1 saturated heterocycles. The van der Waals surface area contributed by atoms with Crippen molar-refractivity contribution in [1.29, 1.82) is 0 Å². The van der Waals surface area contributed by atoms with E-state index >= 15 is 0 Å². The molecule has 1 aromatic carbocycles. The molecule has 1 N–H and O–H groups in total. The molecule has 26 heavy (non-hydrogen) atoms. The van der Waals surface area contributed by atoms with Gasteiger partial charge in [0.2, 0.25) is 15.9 Å². The van der Waals surface area contributed by atoms with E-state index in [2.05, 4.69) is 29.6 Å². The van der Waals surface area contributed by atoms with Gasteiger partial charge in [0.25, 0.3) is 0 Å². The van der Waals surface area contributed by atoms with Crippen LogP contribution in [0.15, 0.2) is 30.3 Å². The van der Waals surface area contributed by atoms with Gasteiger partial charge in [-0.1, -0.05) is 43.2 Å². The Bertz CT molecular complexity index is 704. The average Bonchev–Trinajstić information content (AvgIpc) is 3.17. The predicted octanol–water partition coefficient (Wildman–Crippen LogP) is 2.68. The molecule has 1 amide bonds. The molecule has 144 valence electrons. The van der Waals surface area contributed by atoms with E-state index in [0.717, 1.165) is 12.8 Å². The Labute approximate surface area is 157 Å². The van der Waals surface area contributed by atoms with Gasteiger partial charge in [0.1, 0.15) is 0 Å². The van der Waals surface area contributed by atoms with Crippen LogP contribution in [0.25, 0.3) is 0 Å². The molecule has 2 aliphatic rings. The van der Waals surface area contributed by atoms with Crippen molar-refractivity contribution in [1.82, 2.24) is 9.62 Å². The molecule has 1 heterocycles. The Hall–Kier alpha value is -1.40. The second kappa shape index (κ2) is 8.09. The number of rotatable bonds is 6. The van der Waals surface area contributed by atoms with Crippen LogP contribution in [0.3, 0.4) is 0 Å². The van der Waals surface area contributed by atoms with Crippen LogP contribution in [-0.4, -0.2) is 44.0 Å². The normalized spacial score (nSPS) is 21.6. The first-order chi connectivity index (χ1) is 12.5. The second-order valence-electron chi connectivity index (χ2n) is 7.65. The molecule has 0 unspecified atom stereocenters. The first-order valence-corrected chi connectivity index (χ1v) is 11.4. The van der Waals surface area contributed by atoms with Crippen LogP contribution in [0.4, 0.5) is 0 Å². The first-order valence-electron chi connectivity index (χ1n) is 9.78. The van der Waals surface area contributed by atoms with Crippen LogP contribution in [0, 0.1) is 5.92 Å². The summed E-state index contributed by atoms with van der Waals surface area (Å²) in [7, 11) is -3.14. The van der Waals surface area contributed by atoms with Crippen LogP contribution in [-0.2, 0) is 20.2 Å². The molecule has 1 aliphatic heterocycles. The van der Waals surface area contributed by atoms with Crippen molar-refractivity contribution in [3.63, 3.8) is 0 Å². The third-order valence-electron chi connectivity index (χ3n) is 6.13. The zero-order chi connectivity index (χ0) is 18.6. The highest BCUT2D eigenvalue weighted by Crippen LogP contribution is 2.40. The number of hydrogen-bond acceptors (Lipinski definition) is 3. The van der Waals surface area contributed by atoms with Crippen molar-refractivity contribution in [3.05, 3.63) is 35.9 Å². The minimum atomic E-state index is -3.14. The lowest BCUT2D eigenvalue weighted by molar-refractivity contribution is -0.126. The van der Waals surface area contributed by atoms with Gasteiger partial charge in [-0.25, -0.2) is 12.7 Å². The lowest BCUT2D eigenvalue weighted by atomic mass is 9.78. The fourth-order valence-corrected chi connectivity index (χ4v) is 5.52. The van der Waals surface area contributed by atoms with Crippen LogP contribution in [0.5, 0.6) is 0 Å². The fourth-order valence-electron chi connectivity index (χ4n) is 4.39. The molecule has 0 bridgehead atoms. The molecule has 1 aliphatic carbocycles. The molecular weight excluding hydrogens is 348 g/mol. The highest BCUT2D eigenvalue weighted by Gasteiger charge is 2.37. The Morgan fingerprint density at radius 3 is 2.35 bits per heavy atom. The number of piperidine rings is 1. The Kier molecular flexibility index (Phi) is 6.03. The van der Waals surface area contributed by atoms with E-state index in [4.69, 9.17) is 0 Å². The smallest absolute Gasteiger partial charge is 0.223 e. The van der Waals surface area contributed by atoms with Gasteiger partial charge in [-0.15, -0.1) is 0 Å². The minimum absolute atomic E-state index is 0.0587. The average molecular weight is 379 g/mol. The standard InChI is InChI=1S/C20H30N2O3S/c1-2-26(24,25)22-14-10-17(11-15-22)19(23)21-16-20(12-6-7-13-20)18-8-4-3-5-9-18/h3-5,8-9,17H,2,6-7,10-16H2,1H3,(H,21,23). The van der Waals surface area contributed by atoms with Gasteiger partial charge in [-0.05, 0) is 38.2 Å². The summed E-state index contributed by atoms with van der Waals surface area (Å²) in [6.45, 7) is 3.26. The summed E-state index contributed by atoms with van der Waals surface area (Å²) in [4.78, 5) is 12.7. The van der Waals surface area contributed by atoms with Crippen molar-refractivity contribution in [3.8, 4) is 0 Å². The van der Waals surface area contributed by atoms with E-state index in [1.807, 2.05) is 6.07 Å². The molecule has 0 aromatic heterocycles. The van der Waals surface area contributed by atoms with Crippen molar-refractivity contribution in [2.24, 2.45) is 5.92 Å². The molecule has 0 radical (unpaired) electrons. The van der Waals surface area contributed by atoms with Crippen LogP contribution >= 0.6 is 0 Å². The van der Waals surface area contributed by atoms with E-state index in [9.17, 15) is 13.2 Å². The number of nitrogens with one attached hydrogen (secondary N) is 1. The van der Waals surface area contributed by atoms with E-state index in [1.54, 1.807) is 6.92 Å². The summed E-state index contributed by atoms with van der Waals surface area (Å²) < 4.78 is 25.4. The maximum absolute atomic E-state index is 12.7. The van der Waals surface area contributed by atoms with Gasteiger partial charge in [0, 0.05) is 31.0 Å². The number of hydrogen-bond donors (Lipinski definition) is 1. The summed E-state index contributed by atoms with van der Waals surface area (Å²) in [5, 5.41) is 3.19. The monoisotopic (exact) mass is 378 g/mol. The first kappa shape index (κ1) is 19.4. The maximum atomic E-state index is 12.7. The molecule has 5 nitrogen and oxygen atoms in total. The fraction of sp³-hybridized carbons (Fsp3) is 0.650. The van der Waals surface area contributed by atoms with Crippen molar-refractivity contribution < 1.29 is 13.2 Å². The summed E-state index contributed by atoms with van der Waals surface area (Å²) >= 11 is 0. The number of sulfonamides is 1.